The van der Waals surface area contributed by atoms with Crippen molar-refractivity contribution < 1.29 is 4.79 Å². The predicted octanol–water partition coefficient (Wildman–Crippen LogP) is 1.96. The minimum absolute atomic E-state index is 0.0558. The van der Waals surface area contributed by atoms with Crippen molar-refractivity contribution in [2.24, 2.45) is 0 Å². The highest BCUT2D eigenvalue weighted by Gasteiger charge is 2.29. The van der Waals surface area contributed by atoms with Crippen molar-refractivity contribution in [3.8, 4) is 0 Å². The minimum atomic E-state index is -0.0558. The number of benzene rings is 1. The van der Waals surface area contributed by atoms with Crippen LogP contribution in [0.3, 0.4) is 0 Å². The van der Waals surface area contributed by atoms with Crippen molar-refractivity contribution in [2.45, 2.75) is 31.7 Å². The monoisotopic (exact) mass is 299 g/mol. The average molecular weight is 299 g/mol. The summed E-state index contributed by atoms with van der Waals surface area (Å²) < 4.78 is 1.43. The Hall–Kier alpha value is -1.95. The number of hydrogen-bond acceptors (Lipinski definition) is 4. The quantitative estimate of drug-likeness (QED) is 0.808. The maximum Gasteiger partial charge on any atom is 0.346 e. The van der Waals surface area contributed by atoms with Gasteiger partial charge in [0.1, 0.15) is 5.52 Å². The summed E-state index contributed by atoms with van der Waals surface area (Å²) in [4.78, 5) is 17.1. The maximum atomic E-state index is 12.7. The van der Waals surface area contributed by atoms with Gasteiger partial charge in [0.15, 0.2) is 0 Å². The van der Waals surface area contributed by atoms with E-state index < -0.39 is 0 Å². The number of carbonyl (C=O) groups excluding carboxylic acids is 1. The van der Waals surface area contributed by atoms with Crippen LogP contribution in [0.2, 0.25) is 0 Å². The zero-order valence-electron chi connectivity index (χ0n) is 12.7. The van der Waals surface area contributed by atoms with Crippen LogP contribution in [0, 0.1) is 0 Å². The Balaban J connectivity index is 1.45. The summed E-state index contributed by atoms with van der Waals surface area (Å²) in [6.07, 6.45) is 5.35. The first-order valence-corrected chi connectivity index (χ1v) is 8.17. The largest absolute Gasteiger partial charge is 0.346 e. The molecular formula is C16H21N5O. The molecule has 2 aliphatic rings. The summed E-state index contributed by atoms with van der Waals surface area (Å²) in [5, 5.41) is 8.10. The summed E-state index contributed by atoms with van der Waals surface area (Å²) in [6, 6.07) is 8.27. The highest BCUT2D eigenvalue weighted by molar-refractivity contribution is 5.87. The van der Waals surface area contributed by atoms with E-state index in [1.807, 2.05) is 29.2 Å². The van der Waals surface area contributed by atoms with Crippen molar-refractivity contribution in [3.63, 3.8) is 0 Å². The molecule has 2 aromatic rings. The number of rotatable bonds is 1. The molecular weight excluding hydrogens is 278 g/mol. The van der Waals surface area contributed by atoms with Crippen LogP contribution in [0.5, 0.6) is 0 Å². The van der Waals surface area contributed by atoms with Gasteiger partial charge in [0.25, 0.3) is 0 Å². The summed E-state index contributed by atoms with van der Waals surface area (Å²) in [6.45, 7) is 3.51. The fourth-order valence-electron chi connectivity index (χ4n) is 3.69. The normalized spacial score (nSPS) is 20.8. The van der Waals surface area contributed by atoms with Gasteiger partial charge >= 0.3 is 6.03 Å². The molecule has 1 amide bonds. The second-order valence-corrected chi connectivity index (χ2v) is 6.23. The van der Waals surface area contributed by atoms with Crippen LogP contribution in [0.1, 0.15) is 25.7 Å². The van der Waals surface area contributed by atoms with Gasteiger partial charge in [0.05, 0.1) is 5.52 Å². The lowest BCUT2D eigenvalue weighted by Gasteiger charge is -2.37. The first-order valence-electron chi connectivity index (χ1n) is 8.17. The zero-order chi connectivity index (χ0) is 14.9. The summed E-state index contributed by atoms with van der Waals surface area (Å²) in [7, 11) is 0. The van der Waals surface area contributed by atoms with Gasteiger partial charge < -0.3 is 4.90 Å². The van der Waals surface area contributed by atoms with Crippen molar-refractivity contribution in [1.82, 2.24) is 24.8 Å². The van der Waals surface area contributed by atoms with E-state index >= 15 is 0 Å². The van der Waals surface area contributed by atoms with E-state index in [2.05, 4.69) is 15.2 Å². The van der Waals surface area contributed by atoms with E-state index in [9.17, 15) is 4.79 Å². The Morgan fingerprint density at radius 2 is 1.77 bits per heavy atom. The van der Waals surface area contributed by atoms with Crippen LogP contribution in [-0.2, 0) is 0 Å². The Bertz CT molecular complexity index is 668. The summed E-state index contributed by atoms with van der Waals surface area (Å²) >= 11 is 0. The molecule has 116 valence electrons. The molecule has 6 nitrogen and oxygen atoms in total. The molecule has 22 heavy (non-hydrogen) atoms. The molecule has 0 bridgehead atoms. The Morgan fingerprint density at radius 1 is 1.05 bits per heavy atom. The van der Waals surface area contributed by atoms with Gasteiger partial charge in [-0.2, -0.15) is 4.68 Å². The third kappa shape index (κ3) is 2.37. The van der Waals surface area contributed by atoms with Crippen molar-refractivity contribution in [3.05, 3.63) is 24.3 Å². The SMILES string of the molecule is O=C(N1CCN(C2CCCC2)CC1)n1nnc2ccccc21. The number of hydrogen-bond donors (Lipinski definition) is 0. The van der Waals surface area contributed by atoms with Gasteiger partial charge in [0.2, 0.25) is 0 Å². The topological polar surface area (TPSA) is 54.3 Å². The number of amides is 1. The first kappa shape index (κ1) is 13.7. The van der Waals surface area contributed by atoms with Crippen LogP contribution in [0.4, 0.5) is 4.79 Å². The molecule has 0 unspecified atom stereocenters. The van der Waals surface area contributed by atoms with E-state index in [1.165, 1.54) is 30.4 Å². The van der Waals surface area contributed by atoms with E-state index in [-0.39, 0.29) is 6.03 Å². The maximum absolute atomic E-state index is 12.7. The second-order valence-electron chi connectivity index (χ2n) is 6.23. The standard InChI is InChI=1S/C16H21N5O/c22-16(21-15-8-4-3-7-14(15)17-18-21)20-11-9-19(10-12-20)13-5-1-2-6-13/h3-4,7-8,13H,1-2,5-6,9-12H2. The summed E-state index contributed by atoms with van der Waals surface area (Å²) in [5.41, 5.74) is 1.55. The van der Waals surface area contributed by atoms with Crippen molar-refractivity contribution in [2.75, 3.05) is 26.2 Å². The van der Waals surface area contributed by atoms with Gasteiger partial charge in [0, 0.05) is 32.2 Å². The lowest BCUT2D eigenvalue weighted by molar-refractivity contribution is 0.109. The Labute approximate surface area is 129 Å². The smallest absolute Gasteiger partial charge is 0.320 e. The van der Waals surface area contributed by atoms with Crippen LogP contribution in [0.25, 0.3) is 11.0 Å². The number of fused-ring (bicyclic) bond motifs is 1. The number of para-hydroxylation sites is 1. The molecule has 0 spiro atoms. The molecule has 1 aromatic carbocycles. The molecule has 4 rings (SSSR count). The number of carbonyl (C=O) groups is 1. The molecule has 1 saturated heterocycles. The van der Waals surface area contributed by atoms with Crippen LogP contribution >= 0.6 is 0 Å². The van der Waals surface area contributed by atoms with Gasteiger partial charge in [-0.15, -0.1) is 5.10 Å². The van der Waals surface area contributed by atoms with Gasteiger partial charge in [-0.05, 0) is 25.0 Å². The lowest BCUT2D eigenvalue weighted by atomic mass is 10.2. The molecule has 2 fully saturated rings. The molecule has 1 aromatic heterocycles. The fraction of sp³-hybridized carbons (Fsp3) is 0.562. The first-order chi connectivity index (χ1) is 10.8. The van der Waals surface area contributed by atoms with Gasteiger partial charge in [-0.3, -0.25) is 4.90 Å². The third-order valence-electron chi connectivity index (χ3n) is 4.96. The van der Waals surface area contributed by atoms with E-state index in [0.717, 1.165) is 43.3 Å². The van der Waals surface area contributed by atoms with Crippen molar-refractivity contribution in [1.29, 1.82) is 0 Å². The fourth-order valence-corrected chi connectivity index (χ4v) is 3.69. The van der Waals surface area contributed by atoms with Crippen LogP contribution < -0.4 is 0 Å². The highest BCUT2D eigenvalue weighted by atomic mass is 16.2. The number of piperazine rings is 1. The third-order valence-corrected chi connectivity index (χ3v) is 4.96. The number of nitrogens with zero attached hydrogens (tertiary/aromatic N) is 5. The van der Waals surface area contributed by atoms with E-state index in [4.69, 9.17) is 0 Å². The lowest BCUT2D eigenvalue weighted by Crippen LogP contribution is -2.52. The minimum Gasteiger partial charge on any atom is -0.320 e. The predicted molar refractivity (Wildman–Crippen MR) is 83.7 cm³/mol. The van der Waals surface area contributed by atoms with E-state index in [0.29, 0.717) is 0 Å². The molecule has 0 N–H and O–H groups in total. The number of aromatic nitrogens is 3. The zero-order valence-corrected chi connectivity index (χ0v) is 12.7. The Morgan fingerprint density at radius 3 is 2.55 bits per heavy atom. The Kier molecular flexibility index (Phi) is 3.54. The molecule has 2 heterocycles. The van der Waals surface area contributed by atoms with Gasteiger partial charge in [-0.25, -0.2) is 4.79 Å². The molecule has 0 atom stereocenters. The van der Waals surface area contributed by atoms with Crippen LogP contribution in [-0.4, -0.2) is 63.0 Å². The van der Waals surface area contributed by atoms with Crippen LogP contribution in [0.15, 0.2) is 24.3 Å². The molecule has 1 saturated carbocycles. The highest BCUT2D eigenvalue weighted by Crippen LogP contribution is 2.24. The van der Waals surface area contributed by atoms with Crippen molar-refractivity contribution >= 4 is 17.1 Å². The molecule has 1 aliphatic carbocycles. The average Bonchev–Trinajstić information content (AvgIpc) is 3.24. The van der Waals surface area contributed by atoms with E-state index in [1.54, 1.807) is 0 Å². The molecule has 0 radical (unpaired) electrons. The van der Waals surface area contributed by atoms with Gasteiger partial charge in [-0.1, -0.05) is 30.2 Å². The second kappa shape index (κ2) is 5.68. The molecule has 1 aliphatic heterocycles. The molecule has 6 heteroatoms. The summed E-state index contributed by atoms with van der Waals surface area (Å²) in [5.74, 6) is 0.